The van der Waals surface area contributed by atoms with Crippen molar-refractivity contribution in [2.45, 2.75) is 187 Å². The molecule has 0 amide bonds. The first kappa shape index (κ1) is 51.6. The molecule has 1 atom stereocenters. The molecule has 54 heavy (non-hydrogen) atoms. The highest BCUT2D eigenvalue weighted by Gasteiger charge is 2.14. The normalized spacial score (nSPS) is 11.8. The molecule has 11 heteroatoms. The van der Waals surface area contributed by atoms with Crippen molar-refractivity contribution in [3.63, 3.8) is 0 Å². The van der Waals surface area contributed by atoms with Gasteiger partial charge in [0.05, 0.1) is 19.8 Å². The van der Waals surface area contributed by atoms with Gasteiger partial charge >= 0.3 is 17.9 Å². The minimum Gasteiger partial charge on any atom is -0.465 e. The lowest BCUT2D eigenvalue weighted by molar-refractivity contribution is -0.150. The Morgan fingerprint density at radius 1 is 0.444 bits per heavy atom. The van der Waals surface area contributed by atoms with Crippen molar-refractivity contribution in [3.05, 3.63) is 0 Å². The minimum absolute atomic E-state index is 0.0384. The van der Waals surface area contributed by atoms with Gasteiger partial charge in [-0.05, 0) is 65.6 Å². The molecular formula is C43H79NO10. The highest BCUT2D eigenvalue weighted by atomic mass is 16.6. The number of hydrogen-bond acceptors (Lipinski definition) is 11. The second-order valence-electron chi connectivity index (χ2n) is 14.9. The van der Waals surface area contributed by atoms with Gasteiger partial charge in [-0.1, -0.05) is 104 Å². The van der Waals surface area contributed by atoms with Gasteiger partial charge in [-0.25, -0.2) is 0 Å². The number of unbranched alkanes of at least 4 members (excludes halogenated alkanes) is 16. The topological polar surface area (TPSA) is 135 Å². The van der Waals surface area contributed by atoms with Crippen LogP contribution in [0.3, 0.4) is 0 Å². The van der Waals surface area contributed by atoms with E-state index in [1.165, 1.54) is 0 Å². The first-order valence-corrected chi connectivity index (χ1v) is 21.5. The molecule has 0 spiro atoms. The van der Waals surface area contributed by atoms with Crippen molar-refractivity contribution in [2.24, 2.45) is 0 Å². The van der Waals surface area contributed by atoms with Crippen molar-refractivity contribution in [2.75, 3.05) is 60.3 Å². The van der Waals surface area contributed by atoms with Gasteiger partial charge in [-0.15, -0.1) is 0 Å². The Morgan fingerprint density at radius 3 is 1.39 bits per heavy atom. The summed E-state index contributed by atoms with van der Waals surface area (Å²) in [7, 11) is 3.96. The number of Topliss-reactive ketones (excluding diaryl/α,β-unsaturated/α-hetero) is 2. The van der Waals surface area contributed by atoms with Crippen LogP contribution in [0.4, 0.5) is 0 Å². The molecule has 11 nitrogen and oxygen atoms in total. The lowest BCUT2D eigenvalue weighted by Crippen LogP contribution is -2.28. The van der Waals surface area contributed by atoms with E-state index in [-0.39, 0.29) is 43.1 Å². The molecule has 0 rings (SSSR count). The second-order valence-corrected chi connectivity index (χ2v) is 14.9. The van der Waals surface area contributed by atoms with E-state index in [0.717, 1.165) is 141 Å². The highest BCUT2D eigenvalue weighted by Crippen LogP contribution is 2.12. The summed E-state index contributed by atoms with van der Waals surface area (Å²) in [6.45, 7) is 7.63. The third kappa shape index (κ3) is 37.9. The summed E-state index contributed by atoms with van der Waals surface area (Å²) in [4.78, 5) is 62.0. The van der Waals surface area contributed by atoms with E-state index < -0.39 is 11.9 Å². The summed E-state index contributed by atoms with van der Waals surface area (Å²) >= 11 is 0. The van der Waals surface area contributed by atoms with Crippen LogP contribution in [-0.2, 0) is 47.7 Å². The molecule has 0 aliphatic rings. The molecule has 0 aliphatic heterocycles. The largest absolute Gasteiger partial charge is 0.465 e. The Hall–Kier alpha value is -2.37. The van der Waals surface area contributed by atoms with Crippen LogP contribution in [0.25, 0.3) is 0 Å². The maximum Gasteiger partial charge on any atom is 0.313 e. The zero-order valence-corrected chi connectivity index (χ0v) is 34.9. The number of hydrogen-bond donors (Lipinski definition) is 0. The SMILES string of the molecule is CCCCCCOC(=O)CC(=O)CCCCCCCCOCC(COC(=O)CCCN(C)C)OCCCCCCCCC(=O)CC(=O)OCCCCCC. The molecule has 0 saturated heterocycles. The van der Waals surface area contributed by atoms with Crippen LogP contribution in [0.5, 0.6) is 0 Å². The first-order valence-electron chi connectivity index (χ1n) is 21.5. The second kappa shape index (κ2) is 38.9. The Labute approximate surface area is 328 Å². The number of carbonyl (C=O) groups excluding carboxylic acids is 5. The molecule has 0 aromatic heterocycles. The van der Waals surface area contributed by atoms with E-state index in [9.17, 15) is 24.0 Å². The zero-order valence-electron chi connectivity index (χ0n) is 34.9. The lowest BCUT2D eigenvalue weighted by Gasteiger charge is -2.18. The fraction of sp³-hybridized carbons (Fsp3) is 0.884. The van der Waals surface area contributed by atoms with E-state index in [2.05, 4.69) is 13.8 Å². The van der Waals surface area contributed by atoms with E-state index in [1.807, 2.05) is 19.0 Å². The van der Waals surface area contributed by atoms with Crippen LogP contribution >= 0.6 is 0 Å². The van der Waals surface area contributed by atoms with Gasteiger partial charge in [0.1, 0.15) is 37.1 Å². The fourth-order valence-electron chi connectivity index (χ4n) is 5.80. The Balaban J connectivity index is 4.11. The maximum absolute atomic E-state index is 12.3. The summed E-state index contributed by atoms with van der Waals surface area (Å²) in [6, 6.07) is 0. The van der Waals surface area contributed by atoms with E-state index in [0.29, 0.717) is 52.3 Å². The van der Waals surface area contributed by atoms with Gasteiger partial charge in [0.15, 0.2) is 0 Å². The molecular weight excluding hydrogens is 690 g/mol. The smallest absolute Gasteiger partial charge is 0.313 e. The third-order valence-electron chi connectivity index (χ3n) is 9.12. The predicted octanol–water partition coefficient (Wildman–Crippen LogP) is 8.90. The van der Waals surface area contributed by atoms with Crippen molar-refractivity contribution in [3.8, 4) is 0 Å². The summed E-state index contributed by atoms with van der Waals surface area (Å²) < 4.78 is 27.8. The molecule has 0 saturated carbocycles. The molecule has 0 radical (unpaired) electrons. The number of esters is 3. The van der Waals surface area contributed by atoms with Crippen molar-refractivity contribution in [1.82, 2.24) is 4.90 Å². The summed E-state index contributed by atoms with van der Waals surface area (Å²) in [5.74, 6) is -1.11. The molecule has 316 valence electrons. The highest BCUT2D eigenvalue weighted by molar-refractivity contribution is 5.95. The summed E-state index contributed by atoms with van der Waals surface area (Å²) in [6.07, 6.45) is 21.3. The average Bonchev–Trinajstić information content (AvgIpc) is 3.13. The van der Waals surface area contributed by atoms with Crippen LogP contribution < -0.4 is 0 Å². The summed E-state index contributed by atoms with van der Waals surface area (Å²) in [5, 5.41) is 0. The zero-order chi connectivity index (χ0) is 39.9. The van der Waals surface area contributed by atoms with Gasteiger partial charge in [0.2, 0.25) is 0 Å². The molecule has 0 bridgehead atoms. The van der Waals surface area contributed by atoms with Gasteiger partial charge in [0, 0.05) is 32.5 Å². The molecule has 0 heterocycles. The van der Waals surface area contributed by atoms with Gasteiger partial charge in [-0.2, -0.15) is 0 Å². The quantitative estimate of drug-likeness (QED) is 0.0255. The Kier molecular flexibility index (Phi) is 37.2. The van der Waals surface area contributed by atoms with Crippen LogP contribution in [-0.4, -0.2) is 101 Å². The van der Waals surface area contributed by atoms with Crippen molar-refractivity contribution in [1.29, 1.82) is 0 Å². The molecule has 0 aliphatic carbocycles. The van der Waals surface area contributed by atoms with Crippen LogP contribution in [0, 0.1) is 0 Å². The Bertz CT molecular complexity index is 941. The molecule has 1 unspecified atom stereocenters. The lowest BCUT2D eigenvalue weighted by atomic mass is 10.1. The van der Waals surface area contributed by atoms with Crippen LogP contribution in [0.15, 0.2) is 0 Å². The fourth-order valence-corrected chi connectivity index (χ4v) is 5.80. The summed E-state index contributed by atoms with van der Waals surface area (Å²) in [5.41, 5.74) is 0. The predicted molar refractivity (Wildman–Crippen MR) is 213 cm³/mol. The van der Waals surface area contributed by atoms with Crippen LogP contribution in [0.1, 0.15) is 181 Å². The Morgan fingerprint density at radius 2 is 0.889 bits per heavy atom. The number of nitrogens with zero attached hydrogens (tertiary/aromatic N) is 1. The number of carbonyl (C=O) groups is 5. The molecule has 0 N–H and O–H groups in total. The first-order chi connectivity index (χ1) is 26.2. The number of rotatable bonds is 41. The minimum atomic E-state index is -0.404. The molecule has 0 aromatic rings. The molecule has 0 fully saturated rings. The standard InChI is InChI=1S/C43H79NO10/c1-5-7-9-22-32-52-42(48)34-38(45)26-19-15-11-13-17-21-30-50-36-40(37-54-41(47)28-25-29-44(3)4)51-31-24-18-14-12-16-20-27-39(46)35-43(49)53-33-23-10-8-6-2/h40H,5-37H2,1-4H3. The van der Waals surface area contributed by atoms with E-state index in [1.54, 1.807) is 0 Å². The van der Waals surface area contributed by atoms with Crippen molar-refractivity contribution >= 4 is 29.5 Å². The van der Waals surface area contributed by atoms with E-state index in [4.69, 9.17) is 23.7 Å². The molecule has 0 aromatic carbocycles. The maximum atomic E-state index is 12.3. The van der Waals surface area contributed by atoms with Gasteiger partial charge in [-0.3, -0.25) is 24.0 Å². The third-order valence-corrected chi connectivity index (χ3v) is 9.12. The van der Waals surface area contributed by atoms with E-state index >= 15 is 0 Å². The van der Waals surface area contributed by atoms with Crippen molar-refractivity contribution < 1.29 is 47.7 Å². The monoisotopic (exact) mass is 770 g/mol. The number of ketones is 2. The van der Waals surface area contributed by atoms with Gasteiger partial charge in [0.25, 0.3) is 0 Å². The van der Waals surface area contributed by atoms with Gasteiger partial charge < -0.3 is 28.6 Å². The number of ether oxygens (including phenoxy) is 5. The average molecular weight is 770 g/mol. The van der Waals surface area contributed by atoms with Crippen LogP contribution in [0.2, 0.25) is 0 Å².